The van der Waals surface area contributed by atoms with Gasteiger partial charge in [-0.2, -0.15) is 0 Å². The average molecular weight is 521 g/mol. The van der Waals surface area contributed by atoms with Gasteiger partial charge in [0.1, 0.15) is 6.04 Å². The molecule has 2 amide bonds. The Bertz CT molecular complexity index is 1100. The molecule has 0 saturated heterocycles. The maximum absolute atomic E-state index is 13.8. The minimum atomic E-state index is -0.619. The van der Waals surface area contributed by atoms with Gasteiger partial charge >= 0.3 is 0 Å². The third kappa shape index (κ3) is 7.29. The lowest BCUT2D eigenvalue weighted by atomic mass is 10.00. The van der Waals surface area contributed by atoms with E-state index < -0.39 is 6.04 Å². The van der Waals surface area contributed by atoms with Crippen LogP contribution in [0.4, 0.5) is 0 Å². The number of carbonyl (C=O) groups is 2. The number of benzene rings is 3. The summed E-state index contributed by atoms with van der Waals surface area (Å²) < 4.78 is 0.944. The first-order chi connectivity index (χ1) is 16.4. The van der Waals surface area contributed by atoms with Crippen molar-refractivity contribution in [2.24, 2.45) is 0 Å². The van der Waals surface area contributed by atoms with Gasteiger partial charge in [0, 0.05) is 23.5 Å². The Labute approximate surface area is 211 Å². The van der Waals surface area contributed by atoms with Crippen molar-refractivity contribution in [1.29, 1.82) is 0 Å². The lowest BCUT2D eigenvalue weighted by Crippen LogP contribution is -2.52. The van der Waals surface area contributed by atoms with E-state index in [1.807, 2.05) is 99.6 Å². The number of carbonyl (C=O) groups excluding carboxylic acids is 2. The number of nitrogens with zero attached hydrogens (tertiary/aromatic N) is 1. The second kappa shape index (κ2) is 12.5. The van der Waals surface area contributed by atoms with Gasteiger partial charge in [0.05, 0.1) is 6.42 Å². The van der Waals surface area contributed by atoms with E-state index in [1.165, 1.54) is 0 Å². The number of nitrogens with one attached hydrogen (secondary N) is 1. The van der Waals surface area contributed by atoms with Crippen molar-refractivity contribution in [3.63, 3.8) is 0 Å². The summed E-state index contributed by atoms with van der Waals surface area (Å²) in [6.45, 7) is 6.40. The maximum atomic E-state index is 13.8. The molecule has 3 aromatic carbocycles. The van der Waals surface area contributed by atoms with Crippen LogP contribution in [0.2, 0.25) is 0 Å². The third-order valence-corrected chi connectivity index (χ3v) is 6.61. The molecular weight excluding hydrogens is 488 g/mol. The van der Waals surface area contributed by atoms with E-state index in [0.717, 1.165) is 33.1 Å². The van der Waals surface area contributed by atoms with Gasteiger partial charge in [-0.05, 0) is 54.7 Å². The van der Waals surface area contributed by atoms with Crippen molar-refractivity contribution in [2.45, 2.75) is 58.7 Å². The molecule has 3 aromatic rings. The first-order valence-corrected chi connectivity index (χ1v) is 12.6. The minimum absolute atomic E-state index is 0.0324. The number of amides is 2. The van der Waals surface area contributed by atoms with E-state index in [2.05, 4.69) is 21.2 Å². The van der Waals surface area contributed by atoms with E-state index in [4.69, 9.17) is 0 Å². The minimum Gasteiger partial charge on any atom is -0.352 e. The summed E-state index contributed by atoms with van der Waals surface area (Å²) >= 11 is 3.53. The van der Waals surface area contributed by atoms with Gasteiger partial charge in [-0.3, -0.25) is 9.59 Å². The lowest BCUT2D eigenvalue weighted by molar-refractivity contribution is -0.141. The van der Waals surface area contributed by atoms with Crippen LogP contribution in [0, 0.1) is 6.92 Å². The molecule has 178 valence electrons. The molecule has 1 N–H and O–H groups in total. The fraction of sp³-hybridized carbons (Fsp3) is 0.310. The number of hydrogen-bond acceptors (Lipinski definition) is 2. The predicted octanol–water partition coefficient (Wildman–Crippen LogP) is 5.85. The Morgan fingerprint density at radius 3 is 2.29 bits per heavy atom. The van der Waals surface area contributed by atoms with Gasteiger partial charge < -0.3 is 10.2 Å². The van der Waals surface area contributed by atoms with E-state index in [9.17, 15) is 9.59 Å². The zero-order chi connectivity index (χ0) is 24.5. The molecule has 0 aromatic heterocycles. The first kappa shape index (κ1) is 25.7. The molecule has 2 atom stereocenters. The maximum Gasteiger partial charge on any atom is 0.243 e. The quantitative estimate of drug-likeness (QED) is 0.364. The molecule has 0 spiro atoms. The summed E-state index contributed by atoms with van der Waals surface area (Å²) in [5.74, 6) is -0.180. The standard InChI is InChI=1S/C29H33BrN2O2/c1-4-22(3)31-29(34)27(18-23-12-6-5-7-13-23)32(20-24-14-10-16-26(30)17-24)28(33)19-25-15-9-8-11-21(25)2/h5-17,22,27H,4,18-20H2,1-3H3,(H,31,34)/t22-,27-/m1/s1. The summed E-state index contributed by atoms with van der Waals surface area (Å²) in [7, 11) is 0. The second-order valence-corrected chi connectivity index (χ2v) is 9.69. The summed E-state index contributed by atoms with van der Waals surface area (Å²) in [4.78, 5) is 29.1. The van der Waals surface area contributed by atoms with Crippen molar-refractivity contribution >= 4 is 27.7 Å². The molecule has 0 aliphatic heterocycles. The Morgan fingerprint density at radius 1 is 0.941 bits per heavy atom. The largest absolute Gasteiger partial charge is 0.352 e. The van der Waals surface area contributed by atoms with Crippen LogP contribution in [-0.2, 0) is 29.0 Å². The highest BCUT2D eigenvalue weighted by Crippen LogP contribution is 2.20. The van der Waals surface area contributed by atoms with E-state index >= 15 is 0 Å². The van der Waals surface area contributed by atoms with E-state index in [1.54, 1.807) is 4.90 Å². The van der Waals surface area contributed by atoms with Gasteiger partial charge in [0.2, 0.25) is 11.8 Å². The highest BCUT2D eigenvalue weighted by Gasteiger charge is 2.31. The zero-order valence-electron chi connectivity index (χ0n) is 20.1. The summed E-state index contributed by atoms with van der Waals surface area (Å²) in [5.41, 5.74) is 4.05. The van der Waals surface area contributed by atoms with Gasteiger partial charge in [0.15, 0.2) is 0 Å². The smallest absolute Gasteiger partial charge is 0.243 e. The fourth-order valence-electron chi connectivity index (χ4n) is 3.90. The highest BCUT2D eigenvalue weighted by molar-refractivity contribution is 9.10. The third-order valence-electron chi connectivity index (χ3n) is 6.12. The first-order valence-electron chi connectivity index (χ1n) is 11.8. The van der Waals surface area contributed by atoms with Crippen LogP contribution in [0.25, 0.3) is 0 Å². The monoisotopic (exact) mass is 520 g/mol. The van der Waals surface area contributed by atoms with Crippen LogP contribution in [0.3, 0.4) is 0 Å². The fourth-order valence-corrected chi connectivity index (χ4v) is 4.35. The summed E-state index contributed by atoms with van der Waals surface area (Å²) in [6.07, 6.45) is 1.53. The summed E-state index contributed by atoms with van der Waals surface area (Å²) in [5, 5.41) is 3.12. The van der Waals surface area contributed by atoms with Crippen LogP contribution in [0.1, 0.15) is 42.5 Å². The molecule has 5 heteroatoms. The molecule has 0 saturated carbocycles. The molecule has 0 fully saturated rings. The topological polar surface area (TPSA) is 49.4 Å². The van der Waals surface area contributed by atoms with Crippen LogP contribution >= 0.6 is 15.9 Å². The zero-order valence-corrected chi connectivity index (χ0v) is 21.7. The second-order valence-electron chi connectivity index (χ2n) is 8.78. The lowest BCUT2D eigenvalue weighted by Gasteiger charge is -2.32. The predicted molar refractivity (Wildman–Crippen MR) is 141 cm³/mol. The van der Waals surface area contributed by atoms with E-state index in [-0.39, 0.29) is 24.3 Å². The van der Waals surface area contributed by atoms with Crippen molar-refractivity contribution in [3.05, 3.63) is 106 Å². The number of rotatable bonds is 10. The normalized spacial score (nSPS) is 12.6. The van der Waals surface area contributed by atoms with Gasteiger partial charge in [-0.1, -0.05) is 89.6 Å². The van der Waals surface area contributed by atoms with Gasteiger partial charge in [-0.15, -0.1) is 0 Å². The molecule has 0 bridgehead atoms. The van der Waals surface area contributed by atoms with Crippen LogP contribution in [0.15, 0.2) is 83.3 Å². The molecule has 0 unspecified atom stereocenters. The van der Waals surface area contributed by atoms with Crippen molar-refractivity contribution in [3.8, 4) is 0 Å². The van der Waals surface area contributed by atoms with E-state index in [0.29, 0.717) is 13.0 Å². The molecule has 0 radical (unpaired) electrons. The molecule has 4 nitrogen and oxygen atoms in total. The van der Waals surface area contributed by atoms with Gasteiger partial charge in [0.25, 0.3) is 0 Å². The Balaban J connectivity index is 1.98. The SMILES string of the molecule is CC[C@@H](C)NC(=O)[C@@H](Cc1ccccc1)N(Cc1cccc(Br)c1)C(=O)Cc1ccccc1C. The van der Waals surface area contributed by atoms with Crippen LogP contribution in [-0.4, -0.2) is 28.8 Å². The molecule has 0 heterocycles. The molecule has 0 aliphatic carbocycles. The average Bonchev–Trinajstić information content (AvgIpc) is 2.83. The summed E-state index contributed by atoms with van der Waals surface area (Å²) in [6, 6.07) is 25.1. The van der Waals surface area contributed by atoms with Crippen molar-refractivity contribution < 1.29 is 9.59 Å². The van der Waals surface area contributed by atoms with Crippen LogP contribution < -0.4 is 5.32 Å². The van der Waals surface area contributed by atoms with Gasteiger partial charge in [-0.25, -0.2) is 0 Å². The number of hydrogen-bond donors (Lipinski definition) is 1. The Morgan fingerprint density at radius 2 is 1.62 bits per heavy atom. The van der Waals surface area contributed by atoms with Crippen molar-refractivity contribution in [1.82, 2.24) is 10.2 Å². The number of halogens is 1. The highest BCUT2D eigenvalue weighted by atomic mass is 79.9. The molecule has 34 heavy (non-hydrogen) atoms. The van der Waals surface area contributed by atoms with Crippen molar-refractivity contribution in [2.75, 3.05) is 0 Å². The number of aryl methyl sites for hydroxylation is 1. The molecule has 0 aliphatic rings. The molecular formula is C29H33BrN2O2. The van der Waals surface area contributed by atoms with Crippen LogP contribution in [0.5, 0.6) is 0 Å². The Hall–Kier alpha value is -2.92. The molecule has 3 rings (SSSR count). The Kier molecular flexibility index (Phi) is 9.46.